The van der Waals surface area contributed by atoms with Crippen molar-refractivity contribution in [1.82, 2.24) is 9.80 Å². The normalized spacial score (nSPS) is 15.4. The molecule has 0 saturated carbocycles. The average Bonchev–Trinajstić information content (AvgIpc) is 2.66. The summed E-state index contributed by atoms with van der Waals surface area (Å²) in [5.41, 5.74) is 1.38. The summed E-state index contributed by atoms with van der Waals surface area (Å²) in [6, 6.07) is 20.7. The summed E-state index contributed by atoms with van der Waals surface area (Å²) >= 11 is 1.63. The van der Waals surface area contributed by atoms with E-state index in [1.165, 1.54) is 5.56 Å². The number of carbonyl (C=O) groups is 1. The Morgan fingerprint density at radius 3 is 2.17 bits per heavy atom. The number of hydrogen-bond acceptors (Lipinski definition) is 3. The van der Waals surface area contributed by atoms with Gasteiger partial charge in [0, 0.05) is 37.6 Å². The molecule has 0 aliphatic carbocycles. The van der Waals surface area contributed by atoms with E-state index in [0.717, 1.165) is 44.0 Å². The van der Waals surface area contributed by atoms with Crippen LogP contribution >= 0.6 is 11.8 Å². The fraction of sp³-hybridized carbons (Fsp3) is 0.350. The quantitative estimate of drug-likeness (QED) is 0.755. The molecule has 1 aliphatic rings. The molecule has 0 spiro atoms. The molecule has 0 aromatic heterocycles. The van der Waals surface area contributed by atoms with Crippen molar-refractivity contribution in [3.63, 3.8) is 0 Å². The first kappa shape index (κ1) is 17.1. The highest BCUT2D eigenvalue weighted by molar-refractivity contribution is 8.00. The van der Waals surface area contributed by atoms with Crippen LogP contribution < -0.4 is 0 Å². The number of piperazine rings is 1. The van der Waals surface area contributed by atoms with Crippen LogP contribution in [0.2, 0.25) is 0 Å². The molecule has 0 radical (unpaired) electrons. The molecule has 0 N–H and O–H groups in total. The Kier molecular flexibility index (Phi) is 6.33. The molecule has 1 amide bonds. The maximum absolute atomic E-state index is 12.3. The van der Waals surface area contributed by atoms with E-state index >= 15 is 0 Å². The van der Waals surface area contributed by atoms with E-state index in [1.807, 2.05) is 23.1 Å². The van der Waals surface area contributed by atoms with E-state index in [2.05, 4.69) is 47.4 Å². The van der Waals surface area contributed by atoms with Crippen molar-refractivity contribution >= 4 is 17.7 Å². The molecule has 3 rings (SSSR count). The minimum Gasteiger partial charge on any atom is -0.339 e. The number of thioether (sulfide) groups is 1. The van der Waals surface area contributed by atoms with E-state index in [0.29, 0.717) is 5.75 Å². The van der Waals surface area contributed by atoms with Crippen LogP contribution in [0.3, 0.4) is 0 Å². The Balaban J connectivity index is 1.37. The van der Waals surface area contributed by atoms with E-state index in [9.17, 15) is 4.79 Å². The highest BCUT2D eigenvalue weighted by atomic mass is 32.2. The van der Waals surface area contributed by atoms with E-state index in [-0.39, 0.29) is 5.91 Å². The number of amides is 1. The van der Waals surface area contributed by atoms with E-state index in [4.69, 9.17) is 0 Å². The molecule has 1 heterocycles. The van der Waals surface area contributed by atoms with Gasteiger partial charge in [-0.25, -0.2) is 0 Å². The number of nitrogens with zero attached hydrogens (tertiary/aromatic N) is 2. The molecule has 0 bridgehead atoms. The Labute approximate surface area is 148 Å². The number of rotatable bonds is 6. The van der Waals surface area contributed by atoms with Crippen molar-refractivity contribution in [1.29, 1.82) is 0 Å². The summed E-state index contributed by atoms with van der Waals surface area (Å²) in [5.74, 6) is 0.792. The van der Waals surface area contributed by atoms with Gasteiger partial charge in [0.2, 0.25) is 5.91 Å². The molecule has 1 saturated heterocycles. The fourth-order valence-corrected chi connectivity index (χ4v) is 3.73. The van der Waals surface area contributed by atoms with E-state index < -0.39 is 0 Å². The van der Waals surface area contributed by atoms with Gasteiger partial charge in [-0.05, 0) is 24.1 Å². The second-order valence-corrected chi connectivity index (χ2v) is 7.11. The van der Waals surface area contributed by atoms with Gasteiger partial charge in [0.05, 0.1) is 5.75 Å². The van der Waals surface area contributed by atoms with Gasteiger partial charge in [0.15, 0.2) is 0 Å². The SMILES string of the molecule is O=C(CSc1ccccc1)N1CCN(CCc2ccccc2)CC1. The number of benzene rings is 2. The Morgan fingerprint density at radius 2 is 1.50 bits per heavy atom. The lowest BCUT2D eigenvalue weighted by Gasteiger charge is -2.34. The zero-order valence-corrected chi connectivity index (χ0v) is 14.8. The van der Waals surface area contributed by atoms with Crippen molar-refractivity contribution in [2.24, 2.45) is 0 Å². The van der Waals surface area contributed by atoms with Crippen molar-refractivity contribution in [3.8, 4) is 0 Å². The molecule has 3 nitrogen and oxygen atoms in total. The Morgan fingerprint density at radius 1 is 0.875 bits per heavy atom. The smallest absolute Gasteiger partial charge is 0.233 e. The molecule has 2 aromatic carbocycles. The highest BCUT2D eigenvalue weighted by Gasteiger charge is 2.20. The maximum Gasteiger partial charge on any atom is 0.233 e. The molecule has 0 unspecified atom stereocenters. The highest BCUT2D eigenvalue weighted by Crippen LogP contribution is 2.18. The van der Waals surface area contributed by atoms with Crippen molar-refractivity contribution in [3.05, 3.63) is 66.2 Å². The van der Waals surface area contributed by atoms with Gasteiger partial charge in [0.25, 0.3) is 0 Å². The third-order valence-corrected chi connectivity index (χ3v) is 5.39. The first-order valence-corrected chi connectivity index (χ1v) is 9.52. The summed E-state index contributed by atoms with van der Waals surface area (Å²) in [6.07, 6.45) is 1.08. The Bertz CT molecular complexity index is 625. The Hall–Kier alpha value is -1.78. The summed E-state index contributed by atoms with van der Waals surface area (Å²) in [7, 11) is 0. The van der Waals surface area contributed by atoms with Crippen LogP contribution in [-0.2, 0) is 11.2 Å². The molecular formula is C20H24N2OS. The van der Waals surface area contributed by atoms with Crippen LogP contribution in [0.25, 0.3) is 0 Å². The fourth-order valence-electron chi connectivity index (χ4n) is 2.91. The standard InChI is InChI=1S/C20H24N2OS/c23-20(17-24-19-9-5-2-6-10-19)22-15-13-21(14-16-22)12-11-18-7-3-1-4-8-18/h1-10H,11-17H2. The summed E-state index contributed by atoms with van der Waals surface area (Å²) in [6.45, 7) is 4.74. The summed E-state index contributed by atoms with van der Waals surface area (Å²) in [5, 5.41) is 0. The summed E-state index contributed by atoms with van der Waals surface area (Å²) < 4.78 is 0. The van der Waals surface area contributed by atoms with Crippen LogP contribution in [0.4, 0.5) is 0 Å². The minimum absolute atomic E-state index is 0.256. The third-order valence-electron chi connectivity index (χ3n) is 4.39. The van der Waals surface area contributed by atoms with Crippen LogP contribution in [0.15, 0.2) is 65.6 Å². The molecule has 126 valence electrons. The largest absolute Gasteiger partial charge is 0.339 e. The first-order valence-electron chi connectivity index (χ1n) is 8.53. The second-order valence-electron chi connectivity index (χ2n) is 6.06. The van der Waals surface area contributed by atoms with Crippen LogP contribution in [0.5, 0.6) is 0 Å². The second kappa shape index (κ2) is 8.90. The van der Waals surface area contributed by atoms with Crippen LogP contribution in [0.1, 0.15) is 5.56 Å². The molecule has 2 aromatic rings. The van der Waals surface area contributed by atoms with Gasteiger partial charge >= 0.3 is 0 Å². The van der Waals surface area contributed by atoms with E-state index in [1.54, 1.807) is 11.8 Å². The van der Waals surface area contributed by atoms with Crippen molar-refractivity contribution < 1.29 is 4.79 Å². The van der Waals surface area contributed by atoms with Gasteiger partial charge in [-0.15, -0.1) is 11.8 Å². The van der Waals surface area contributed by atoms with Crippen molar-refractivity contribution in [2.75, 3.05) is 38.5 Å². The van der Waals surface area contributed by atoms with Gasteiger partial charge < -0.3 is 4.90 Å². The predicted octanol–water partition coefficient (Wildman–Crippen LogP) is 3.17. The molecule has 4 heteroatoms. The lowest BCUT2D eigenvalue weighted by atomic mass is 10.1. The lowest BCUT2D eigenvalue weighted by molar-refractivity contribution is -0.130. The van der Waals surface area contributed by atoms with Gasteiger partial charge in [-0.3, -0.25) is 9.69 Å². The predicted molar refractivity (Wildman–Crippen MR) is 100 cm³/mol. The zero-order chi connectivity index (χ0) is 16.6. The van der Waals surface area contributed by atoms with Crippen LogP contribution in [0, 0.1) is 0 Å². The third kappa shape index (κ3) is 5.11. The number of carbonyl (C=O) groups excluding carboxylic acids is 1. The summed E-state index contributed by atoms with van der Waals surface area (Å²) in [4.78, 5) is 18.0. The monoisotopic (exact) mass is 340 g/mol. The maximum atomic E-state index is 12.3. The van der Waals surface area contributed by atoms with Crippen LogP contribution in [-0.4, -0.2) is 54.2 Å². The molecule has 1 aliphatic heterocycles. The number of hydrogen-bond donors (Lipinski definition) is 0. The minimum atomic E-state index is 0.256. The lowest BCUT2D eigenvalue weighted by Crippen LogP contribution is -2.49. The van der Waals surface area contributed by atoms with Gasteiger partial charge in [-0.1, -0.05) is 48.5 Å². The molecule has 1 fully saturated rings. The molecule has 0 atom stereocenters. The topological polar surface area (TPSA) is 23.6 Å². The zero-order valence-electron chi connectivity index (χ0n) is 13.9. The molecular weight excluding hydrogens is 316 g/mol. The average molecular weight is 340 g/mol. The van der Waals surface area contributed by atoms with Crippen molar-refractivity contribution in [2.45, 2.75) is 11.3 Å². The first-order chi connectivity index (χ1) is 11.8. The van der Waals surface area contributed by atoms with Gasteiger partial charge in [-0.2, -0.15) is 0 Å². The molecule has 24 heavy (non-hydrogen) atoms. The van der Waals surface area contributed by atoms with Gasteiger partial charge in [0.1, 0.15) is 0 Å².